The Labute approximate surface area is 129 Å². The first-order chi connectivity index (χ1) is 9.94. The van der Waals surface area contributed by atoms with Crippen LogP contribution in [0.1, 0.15) is 13.8 Å². The summed E-state index contributed by atoms with van der Waals surface area (Å²) in [7, 11) is 3.68. The third-order valence-electron chi connectivity index (χ3n) is 2.48. The molecule has 7 heteroatoms. The third-order valence-corrected chi connectivity index (χ3v) is 2.65. The fraction of sp³-hybridized carbons (Fsp3) is 0.357. The molecule has 21 heavy (non-hydrogen) atoms. The zero-order valence-electron chi connectivity index (χ0n) is 12.5. The first-order valence-corrected chi connectivity index (χ1v) is 6.94. The molecule has 6 nitrogen and oxygen atoms in total. The summed E-state index contributed by atoms with van der Waals surface area (Å²) < 4.78 is 5.59. The number of halogens is 1. The van der Waals surface area contributed by atoms with Crippen molar-refractivity contribution in [3.8, 4) is 5.75 Å². The van der Waals surface area contributed by atoms with Gasteiger partial charge in [0.2, 0.25) is 17.2 Å². The lowest BCUT2D eigenvalue weighted by Gasteiger charge is -2.12. The zero-order chi connectivity index (χ0) is 15.4. The fourth-order valence-electron chi connectivity index (χ4n) is 1.61. The van der Waals surface area contributed by atoms with Crippen LogP contribution in [0.25, 0.3) is 0 Å². The second kappa shape index (κ2) is 6.58. The highest BCUT2D eigenvalue weighted by Gasteiger charge is 2.07. The Bertz CT molecular complexity index is 601. The second-order valence-electron chi connectivity index (χ2n) is 4.94. The zero-order valence-corrected chi connectivity index (χ0v) is 13.2. The van der Waals surface area contributed by atoms with Crippen molar-refractivity contribution >= 4 is 29.2 Å². The van der Waals surface area contributed by atoms with Gasteiger partial charge in [0.1, 0.15) is 5.75 Å². The van der Waals surface area contributed by atoms with E-state index in [0.717, 1.165) is 11.4 Å². The van der Waals surface area contributed by atoms with Gasteiger partial charge in [-0.1, -0.05) is 0 Å². The number of rotatable bonds is 5. The smallest absolute Gasteiger partial charge is 0.233 e. The molecule has 1 heterocycles. The van der Waals surface area contributed by atoms with Crippen LogP contribution in [0.2, 0.25) is 5.28 Å². The number of nitrogens with one attached hydrogen (secondary N) is 1. The number of anilines is 3. The Kier molecular flexibility index (Phi) is 4.80. The summed E-state index contributed by atoms with van der Waals surface area (Å²) >= 11 is 5.89. The molecular formula is C14H18ClN5O. The highest BCUT2D eigenvalue weighted by molar-refractivity contribution is 6.28. The summed E-state index contributed by atoms with van der Waals surface area (Å²) in [5, 5.41) is 3.24. The molecule has 0 atom stereocenters. The summed E-state index contributed by atoms with van der Waals surface area (Å²) in [4.78, 5) is 14.1. The van der Waals surface area contributed by atoms with Gasteiger partial charge < -0.3 is 15.0 Å². The van der Waals surface area contributed by atoms with E-state index in [9.17, 15) is 0 Å². The Morgan fingerprint density at radius 1 is 1.10 bits per heavy atom. The molecule has 0 saturated carbocycles. The van der Waals surface area contributed by atoms with E-state index in [-0.39, 0.29) is 11.4 Å². The average Bonchev–Trinajstić information content (AvgIpc) is 2.39. The van der Waals surface area contributed by atoms with Crippen LogP contribution < -0.4 is 15.0 Å². The standard InChI is InChI=1S/C14H18ClN5O/c1-9(2)21-11-7-5-10(6-8-11)16-13-17-12(15)18-14(19-13)20(3)4/h5-9H,1-4H3,(H,16,17,18,19). The molecule has 0 amide bonds. The van der Waals surface area contributed by atoms with Gasteiger partial charge >= 0.3 is 0 Å². The highest BCUT2D eigenvalue weighted by Crippen LogP contribution is 2.20. The maximum absolute atomic E-state index is 5.89. The van der Waals surface area contributed by atoms with Crippen molar-refractivity contribution in [1.29, 1.82) is 0 Å². The predicted octanol–water partition coefficient (Wildman–Crippen LogP) is 3.12. The largest absolute Gasteiger partial charge is 0.491 e. The molecule has 0 bridgehead atoms. The molecule has 1 N–H and O–H groups in total. The summed E-state index contributed by atoms with van der Waals surface area (Å²) in [5.74, 6) is 1.71. The van der Waals surface area contributed by atoms with Crippen molar-refractivity contribution in [2.45, 2.75) is 20.0 Å². The van der Waals surface area contributed by atoms with E-state index in [1.54, 1.807) is 4.90 Å². The Balaban J connectivity index is 2.14. The minimum atomic E-state index is 0.147. The van der Waals surface area contributed by atoms with Gasteiger partial charge in [-0.15, -0.1) is 0 Å². The van der Waals surface area contributed by atoms with Crippen LogP contribution in [0.15, 0.2) is 24.3 Å². The van der Waals surface area contributed by atoms with Gasteiger partial charge in [-0.05, 0) is 49.7 Å². The molecular weight excluding hydrogens is 290 g/mol. The maximum atomic E-state index is 5.89. The van der Waals surface area contributed by atoms with E-state index in [1.807, 2.05) is 52.2 Å². The molecule has 0 aliphatic carbocycles. The van der Waals surface area contributed by atoms with Crippen LogP contribution in [0.4, 0.5) is 17.6 Å². The van der Waals surface area contributed by atoms with Crippen LogP contribution in [0.3, 0.4) is 0 Å². The fourth-order valence-corrected chi connectivity index (χ4v) is 1.77. The first-order valence-electron chi connectivity index (χ1n) is 6.56. The van der Waals surface area contributed by atoms with Crippen LogP contribution >= 0.6 is 11.6 Å². The first kappa shape index (κ1) is 15.3. The van der Waals surface area contributed by atoms with Crippen LogP contribution in [0, 0.1) is 0 Å². The molecule has 112 valence electrons. The molecule has 0 saturated heterocycles. The van der Waals surface area contributed by atoms with Crippen LogP contribution in [0.5, 0.6) is 5.75 Å². The van der Waals surface area contributed by atoms with E-state index in [4.69, 9.17) is 16.3 Å². The van der Waals surface area contributed by atoms with Gasteiger partial charge in [0.05, 0.1) is 6.10 Å². The molecule has 0 fully saturated rings. The molecule has 0 unspecified atom stereocenters. The van der Waals surface area contributed by atoms with E-state index in [2.05, 4.69) is 20.3 Å². The van der Waals surface area contributed by atoms with E-state index >= 15 is 0 Å². The molecule has 2 aromatic rings. The number of ether oxygens (including phenoxy) is 1. The maximum Gasteiger partial charge on any atom is 0.233 e. The van der Waals surface area contributed by atoms with E-state index in [0.29, 0.717) is 11.9 Å². The number of benzene rings is 1. The average molecular weight is 308 g/mol. The second-order valence-corrected chi connectivity index (χ2v) is 5.28. The molecule has 2 rings (SSSR count). The minimum absolute atomic E-state index is 0.147. The van der Waals surface area contributed by atoms with Crippen LogP contribution in [-0.2, 0) is 0 Å². The lowest BCUT2D eigenvalue weighted by molar-refractivity contribution is 0.242. The highest BCUT2D eigenvalue weighted by atomic mass is 35.5. The molecule has 0 aliphatic heterocycles. The van der Waals surface area contributed by atoms with Gasteiger partial charge in [0.15, 0.2) is 0 Å². The topological polar surface area (TPSA) is 63.2 Å². The number of hydrogen-bond acceptors (Lipinski definition) is 6. The van der Waals surface area contributed by atoms with Gasteiger partial charge in [-0.25, -0.2) is 0 Å². The monoisotopic (exact) mass is 307 g/mol. The van der Waals surface area contributed by atoms with Gasteiger partial charge in [-0.2, -0.15) is 15.0 Å². The molecule has 0 spiro atoms. The number of aromatic nitrogens is 3. The van der Waals surface area contributed by atoms with Crippen molar-refractivity contribution in [1.82, 2.24) is 15.0 Å². The van der Waals surface area contributed by atoms with Crippen molar-refractivity contribution in [2.24, 2.45) is 0 Å². The van der Waals surface area contributed by atoms with Crippen molar-refractivity contribution < 1.29 is 4.74 Å². The number of nitrogens with zero attached hydrogens (tertiary/aromatic N) is 4. The lowest BCUT2D eigenvalue weighted by atomic mass is 10.3. The summed E-state index contributed by atoms with van der Waals surface area (Å²) in [5.41, 5.74) is 0.845. The van der Waals surface area contributed by atoms with Crippen molar-refractivity contribution in [3.05, 3.63) is 29.5 Å². The Morgan fingerprint density at radius 2 is 1.76 bits per heavy atom. The molecule has 0 radical (unpaired) electrons. The molecule has 0 aliphatic rings. The predicted molar refractivity (Wildman–Crippen MR) is 84.7 cm³/mol. The normalized spacial score (nSPS) is 10.6. The van der Waals surface area contributed by atoms with E-state index in [1.165, 1.54) is 0 Å². The Morgan fingerprint density at radius 3 is 2.33 bits per heavy atom. The quantitative estimate of drug-likeness (QED) is 0.915. The van der Waals surface area contributed by atoms with Crippen molar-refractivity contribution in [3.63, 3.8) is 0 Å². The minimum Gasteiger partial charge on any atom is -0.491 e. The lowest BCUT2D eigenvalue weighted by Crippen LogP contribution is -2.14. The van der Waals surface area contributed by atoms with Gasteiger partial charge in [0.25, 0.3) is 0 Å². The van der Waals surface area contributed by atoms with Crippen LogP contribution in [-0.4, -0.2) is 35.2 Å². The van der Waals surface area contributed by atoms with E-state index < -0.39 is 0 Å². The summed E-state index contributed by atoms with van der Waals surface area (Å²) in [6, 6.07) is 7.56. The third kappa shape index (κ3) is 4.46. The Hall–Kier alpha value is -2.08. The number of hydrogen-bond donors (Lipinski definition) is 1. The summed E-state index contributed by atoms with van der Waals surface area (Å²) in [6.07, 6.45) is 0.147. The van der Waals surface area contributed by atoms with Gasteiger partial charge in [-0.3, -0.25) is 0 Å². The molecule has 1 aromatic carbocycles. The SMILES string of the molecule is CC(C)Oc1ccc(Nc2nc(Cl)nc(N(C)C)n2)cc1. The molecule has 1 aromatic heterocycles. The van der Waals surface area contributed by atoms with Crippen molar-refractivity contribution in [2.75, 3.05) is 24.3 Å². The van der Waals surface area contributed by atoms with Gasteiger partial charge in [0, 0.05) is 19.8 Å². The summed E-state index contributed by atoms with van der Waals surface area (Å²) in [6.45, 7) is 3.98.